The molecule has 0 aromatic heterocycles. The summed E-state index contributed by atoms with van der Waals surface area (Å²) in [6, 6.07) is 9.68. The molecule has 0 spiro atoms. The zero-order chi connectivity index (χ0) is 22.1. The Morgan fingerprint density at radius 3 is 2.73 bits per heavy atom. The molecule has 0 aliphatic heterocycles. The van der Waals surface area contributed by atoms with Crippen molar-refractivity contribution in [2.75, 3.05) is 6.61 Å². The summed E-state index contributed by atoms with van der Waals surface area (Å²) in [5, 5.41) is 15.0. The molecule has 0 aliphatic rings. The number of ether oxygens (including phenoxy) is 2. The number of halogens is 1. The Labute approximate surface area is 183 Å². The van der Waals surface area contributed by atoms with Crippen LogP contribution in [0.5, 0.6) is 11.5 Å². The molecule has 8 nitrogen and oxygen atoms in total. The number of nitro groups is 1. The van der Waals surface area contributed by atoms with Gasteiger partial charge in [-0.05, 0) is 53.9 Å². The third-order valence-electron chi connectivity index (χ3n) is 4.17. The maximum Gasteiger partial charge on any atom is 0.273 e. The second-order valence-electron chi connectivity index (χ2n) is 6.46. The number of hydrogen-bond acceptors (Lipinski definition) is 6. The van der Waals surface area contributed by atoms with Crippen molar-refractivity contribution < 1.29 is 19.2 Å². The lowest BCUT2D eigenvalue weighted by atomic mass is 10.1. The molecule has 0 fully saturated rings. The minimum atomic E-state index is -0.512. The Hall–Kier alpha value is -2.94. The van der Waals surface area contributed by atoms with Gasteiger partial charge in [0.25, 0.3) is 5.69 Å². The highest BCUT2D eigenvalue weighted by atomic mass is 79.9. The summed E-state index contributed by atoms with van der Waals surface area (Å²) in [5.41, 5.74) is 3.31. The average Bonchev–Trinajstić information content (AvgIpc) is 2.70. The second kappa shape index (κ2) is 11.3. The van der Waals surface area contributed by atoms with Gasteiger partial charge in [0.1, 0.15) is 0 Å². The number of carbonyl (C=O) groups excluding carboxylic acids is 1. The number of amides is 1. The standard InChI is InChI=1S/C21H24BrN3O5/c1-4-14(3)30-21-17(22)10-15(11-19(21)29-5-2)13-23-24-20(26)12-16-8-6-7-9-18(16)25(27)28/h6-11,13-14H,4-5,12H2,1-3H3,(H,24,26)/b23-13+/t14-/m0/s1. The van der Waals surface area contributed by atoms with Gasteiger partial charge in [-0.1, -0.05) is 25.1 Å². The lowest BCUT2D eigenvalue weighted by Crippen LogP contribution is -2.20. The van der Waals surface area contributed by atoms with Crippen LogP contribution in [0.1, 0.15) is 38.3 Å². The number of nitro benzene ring substituents is 1. The number of para-hydroxylation sites is 1. The van der Waals surface area contributed by atoms with Gasteiger partial charge in [0.05, 0.1) is 34.7 Å². The molecule has 2 aromatic rings. The Kier molecular flexibility index (Phi) is 8.79. The van der Waals surface area contributed by atoms with Crippen LogP contribution < -0.4 is 14.9 Å². The van der Waals surface area contributed by atoms with Crippen LogP contribution in [0.15, 0.2) is 46.0 Å². The fourth-order valence-electron chi connectivity index (χ4n) is 2.55. The van der Waals surface area contributed by atoms with E-state index in [4.69, 9.17) is 9.47 Å². The van der Waals surface area contributed by atoms with Crippen molar-refractivity contribution in [3.63, 3.8) is 0 Å². The van der Waals surface area contributed by atoms with E-state index in [1.54, 1.807) is 30.3 Å². The molecule has 0 saturated carbocycles. The van der Waals surface area contributed by atoms with Crippen LogP contribution in [-0.4, -0.2) is 29.8 Å². The Bertz CT molecular complexity index is 933. The molecule has 30 heavy (non-hydrogen) atoms. The molecule has 0 aliphatic carbocycles. The molecule has 0 saturated heterocycles. The van der Waals surface area contributed by atoms with Gasteiger partial charge in [-0.2, -0.15) is 5.10 Å². The summed E-state index contributed by atoms with van der Waals surface area (Å²) < 4.78 is 12.3. The number of hydrazone groups is 1. The largest absolute Gasteiger partial charge is 0.490 e. The van der Waals surface area contributed by atoms with Crippen molar-refractivity contribution in [1.29, 1.82) is 0 Å². The van der Waals surface area contributed by atoms with E-state index in [0.29, 0.717) is 33.7 Å². The maximum absolute atomic E-state index is 12.1. The monoisotopic (exact) mass is 477 g/mol. The van der Waals surface area contributed by atoms with E-state index in [1.807, 2.05) is 20.8 Å². The zero-order valence-electron chi connectivity index (χ0n) is 17.1. The molecule has 160 valence electrons. The van der Waals surface area contributed by atoms with Crippen molar-refractivity contribution in [2.24, 2.45) is 5.10 Å². The molecule has 2 aromatic carbocycles. The third-order valence-corrected chi connectivity index (χ3v) is 4.76. The summed E-state index contributed by atoms with van der Waals surface area (Å²) in [4.78, 5) is 22.7. The third kappa shape index (κ3) is 6.55. The first-order valence-corrected chi connectivity index (χ1v) is 10.3. The van der Waals surface area contributed by atoms with Gasteiger partial charge in [-0.25, -0.2) is 5.43 Å². The van der Waals surface area contributed by atoms with E-state index in [2.05, 4.69) is 26.5 Å². The van der Waals surface area contributed by atoms with Gasteiger partial charge >= 0.3 is 0 Å². The fraction of sp³-hybridized carbons (Fsp3) is 0.333. The topological polar surface area (TPSA) is 103 Å². The van der Waals surface area contributed by atoms with Gasteiger partial charge in [-0.15, -0.1) is 0 Å². The molecule has 1 N–H and O–H groups in total. The van der Waals surface area contributed by atoms with Crippen molar-refractivity contribution in [2.45, 2.75) is 39.7 Å². The highest BCUT2D eigenvalue weighted by molar-refractivity contribution is 9.10. The van der Waals surface area contributed by atoms with Crippen LogP contribution in [0.3, 0.4) is 0 Å². The predicted molar refractivity (Wildman–Crippen MR) is 118 cm³/mol. The van der Waals surface area contributed by atoms with Crippen molar-refractivity contribution in [3.8, 4) is 11.5 Å². The molecule has 1 atom stereocenters. The van der Waals surface area contributed by atoms with E-state index in [0.717, 1.165) is 6.42 Å². The normalized spacial score (nSPS) is 11.9. The van der Waals surface area contributed by atoms with Crippen LogP contribution >= 0.6 is 15.9 Å². The predicted octanol–water partition coefficient (Wildman–Crippen LogP) is 4.63. The summed E-state index contributed by atoms with van der Waals surface area (Å²) in [6.07, 6.45) is 2.20. The summed E-state index contributed by atoms with van der Waals surface area (Å²) in [7, 11) is 0. The molecule has 0 radical (unpaired) electrons. The molecular weight excluding hydrogens is 454 g/mol. The summed E-state index contributed by atoms with van der Waals surface area (Å²) in [5.74, 6) is 0.727. The van der Waals surface area contributed by atoms with Gasteiger partial charge in [0.15, 0.2) is 11.5 Å². The van der Waals surface area contributed by atoms with Crippen LogP contribution in [-0.2, 0) is 11.2 Å². The first-order valence-electron chi connectivity index (χ1n) is 9.52. The number of hydrogen-bond donors (Lipinski definition) is 1. The van der Waals surface area contributed by atoms with Gasteiger partial charge in [-0.3, -0.25) is 14.9 Å². The SMILES string of the molecule is CCOc1cc(/C=N/NC(=O)Cc2ccccc2[N+](=O)[O-])cc(Br)c1O[C@@H](C)CC. The molecule has 0 heterocycles. The van der Waals surface area contributed by atoms with E-state index < -0.39 is 10.8 Å². The smallest absolute Gasteiger partial charge is 0.273 e. The maximum atomic E-state index is 12.1. The molecule has 0 unspecified atom stereocenters. The van der Waals surface area contributed by atoms with Crippen molar-refractivity contribution >= 4 is 33.7 Å². The summed E-state index contributed by atoms with van der Waals surface area (Å²) in [6.45, 7) is 6.36. The van der Waals surface area contributed by atoms with E-state index in [9.17, 15) is 14.9 Å². The highest BCUT2D eigenvalue weighted by Gasteiger charge is 2.16. The fourth-order valence-corrected chi connectivity index (χ4v) is 3.11. The van der Waals surface area contributed by atoms with Crippen molar-refractivity contribution in [3.05, 3.63) is 62.1 Å². The Balaban J connectivity index is 2.10. The minimum absolute atomic E-state index is 0.0290. The molecule has 0 bridgehead atoms. The quantitative estimate of drug-likeness (QED) is 0.305. The zero-order valence-corrected chi connectivity index (χ0v) is 18.6. The summed E-state index contributed by atoms with van der Waals surface area (Å²) >= 11 is 3.49. The number of carbonyl (C=O) groups is 1. The van der Waals surface area contributed by atoms with Gasteiger partial charge in [0, 0.05) is 11.6 Å². The van der Waals surface area contributed by atoms with Crippen LogP contribution in [0, 0.1) is 10.1 Å². The van der Waals surface area contributed by atoms with E-state index in [1.165, 1.54) is 12.3 Å². The van der Waals surface area contributed by atoms with Gasteiger partial charge < -0.3 is 9.47 Å². The average molecular weight is 478 g/mol. The van der Waals surface area contributed by atoms with Crippen molar-refractivity contribution in [1.82, 2.24) is 5.43 Å². The van der Waals surface area contributed by atoms with Crippen LogP contribution in [0.25, 0.3) is 0 Å². The first kappa shape index (κ1) is 23.3. The molecule has 9 heteroatoms. The van der Waals surface area contributed by atoms with Crippen LogP contribution in [0.2, 0.25) is 0 Å². The first-order chi connectivity index (χ1) is 14.3. The number of nitrogens with zero attached hydrogens (tertiary/aromatic N) is 2. The van der Waals surface area contributed by atoms with E-state index >= 15 is 0 Å². The van der Waals surface area contributed by atoms with Crippen LogP contribution in [0.4, 0.5) is 5.69 Å². The van der Waals surface area contributed by atoms with E-state index in [-0.39, 0.29) is 18.2 Å². The molecule has 1 amide bonds. The molecule has 2 rings (SSSR count). The number of benzene rings is 2. The lowest BCUT2D eigenvalue weighted by Gasteiger charge is -2.18. The number of rotatable bonds is 10. The lowest BCUT2D eigenvalue weighted by molar-refractivity contribution is -0.385. The Morgan fingerprint density at radius 2 is 2.07 bits per heavy atom. The highest BCUT2D eigenvalue weighted by Crippen LogP contribution is 2.37. The second-order valence-corrected chi connectivity index (χ2v) is 7.31. The minimum Gasteiger partial charge on any atom is -0.490 e. The Morgan fingerprint density at radius 1 is 1.33 bits per heavy atom. The number of nitrogens with one attached hydrogen (secondary N) is 1. The molecular formula is C21H24BrN3O5. The van der Waals surface area contributed by atoms with Gasteiger partial charge in [0.2, 0.25) is 5.91 Å².